The molecule has 8 nitrogen and oxygen atoms in total. The number of anilines is 2. The summed E-state index contributed by atoms with van der Waals surface area (Å²) in [6, 6.07) is 14.7. The van der Waals surface area contributed by atoms with E-state index in [0.29, 0.717) is 29.6 Å². The van der Waals surface area contributed by atoms with E-state index in [-0.39, 0.29) is 11.7 Å². The van der Waals surface area contributed by atoms with Gasteiger partial charge in [0.1, 0.15) is 17.4 Å². The number of aromatic nitrogens is 1. The van der Waals surface area contributed by atoms with Crippen LogP contribution in [0.2, 0.25) is 5.22 Å². The standard InChI is InChI=1S/C18H20ClN7O/c19-15-7-5-13(27-15)9-11-1-3-12(4-2-11)10-26(23)25-18(22)14-6-8-16(20)24-17(14)21/h1-8H,9-10,23H2,(H2,22,25)(H4,20,21,24). The number of hydrazine groups is 1. The van der Waals surface area contributed by atoms with Crippen LogP contribution in [0.3, 0.4) is 0 Å². The number of hydrogen-bond donors (Lipinski definition) is 4. The monoisotopic (exact) mass is 385 g/mol. The molecule has 0 unspecified atom stereocenters. The van der Waals surface area contributed by atoms with Gasteiger partial charge in [0.15, 0.2) is 11.1 Å². The zero-order valence-corrected chi connectivity index (χ0v) is 15.2. The molecular weight excluding hydrogens is 366 g/mol. The summed E-state index contributed by atoms with van der Waals surface area (Å²) in [5.74, 6) is 7.42. The molecule has 3 rings (SSSR count). The van der Waals surface area contributed by atoms with Crippen LogP contribution >= 0.6 is 11.6 Å². The predicted molar refractivity (Wildman–Crippen MR) is 106 cm³/mol. The van der Waals surface area contributed by atoms with E-state index in [1.807, 2.05) is 30.3 Å². The van der Waals surface area contributed by atoms with Gasteiger partial charge in [0.05, 0.1) is 12.1 Å². The SMILES string of the molecule is N/C(=N\N(N)Cc1ccc(Cc2ccc(Cl)o2)cc1)c1ccc(N)nc1N. The highest BCUT2D eigenvalue weighted by molar-refractivity contribution is 6.28. The Morgan fingerprint density at radius 1 is 1.04 bits per heavy atom. The van der Waals surface area contributed by atoms with Gasteiger partial charge in [-0.05, 0) is 47.0 Å². The molecule has 27 heavy (non-hydrogen) atoms. The average Bonchev–Trinajstić information content (AvgIpc) is 3.01. The van der Waals surface area contributed by atoms with E-state index in [1.165, 1.54) is 5.12 Å². The number of rotatable bonds is 6. The first-order chi connectivity index (χ1) is 12.9. The molecule has 0 bridgehead atoms. The van der Waals surface area contributed by atoms with Gasteiger partial charge in [-0.1, -0.05) is 24.3 Å². The second kappa shape index (κ2) is 7.98. The van der Waals surface area contributed by atoms with Gasteiger partial charge >= 0.3 is 0 Å². The van der Waals surface area contributed by atoms with Crippen LogP contribution < -0.4 is 23.0 Å². The zero-order chi connectivity index (χ0) is 19.4. The zero-order valence-electron chi connectivity index (χ0n) is 14.5. The van der Waals surface area contributed by atoms with Crippen LogP contribution in [0.4, 0.5) is 11.6 Å². The van der Waals surface area contributed by atoms with Crippen LogP contribution in [-0.4, -0.2) is 15.9 Å². The molecule has 0 spiro atoms. The summed E-state index contributed by atoms with van der Waals surface area (Å²) in [5, 5.41) is 5.77. The summed E-state index contributed by atoms with van der Waals surface area (Å²) in [4.78, 5) is 3.95. The van der Waals surface area contributed by atoms with E-state index in [2.05, 4.69) is 10.1 Å². The number of benzene rings is 1. The van der Waals surface area contributed by atoms with E-state index in [4.69, 9.17) is 39.1 Å². The first-order valence-electron chi connectivity index (χ1n) is 8.11. The minimum atomic E-state index is 0.161. The molecule has 0 radical (unpaired) electrons. The molecule has 140 valence electrons. The van der Waals surface area contributed by atoms with Crippen LogP contribution in [-0.2, 0) is 13.0 Å². The third kappa shape index (κ3) is 4.90. The average molecular weight is 386 g/mol. The third-order valence-corrected chi connectivity index (χ3v) is 4.04. The lowest BCUT2D eigenvalue weighted by Gasteiger charge is -2.14. The highest BCUT2D eigenvalue weighted by atomic mass is 35.5. The van der Waals surface area contributed by atoms with E-state index < -0.39 is 0 Å². The van der Waals surface area contributed by atoms with Crippen LogP contribution in [0.5, 0.6) is 0 Å². The number of pyridine rings is 1. The molecule has 0 atom stereocenters. The number of nitrogens with two attached hydrogens (primary N) is 4. The van der Waals surface area contributed by atoms with Crippen LogP contribution in [0.1, 0.15) is 22.5 Å². The molecule has 0 fully saturated rings. The van der Waals surface area contributed by atoms with Crippen molar-refractivity contribution >= 4 is 29.1 Å². The summed E-state index contributed by atoms with van der Waals surface area (Å²) in [6.07, 6.45) is 0.661. The van der Waals surface area contributed by atoms with Crippen molar-refractivity contribution in [1.29, 1.82) is 0 Å². The van der Waals surface area contributed by atoms with Crippen LogP contribution in [0.25, 0.3) is 0 Å². The van der Waals surface area contributed by atoms with Crippen molar-refractivity contribution in [2.24, 2.45) is 16.7 Å². The molecule has 2 heterocycles. The quantitative estimate of drug-likeness (QED) is 0.220. The number of nitrogens with zero attached hydrogens (tertiary/aromatic N) is 3. The molecule has 8 N–H and O–H groups in total. The second-order valence-corrected chi connectivity index (χ2v) is 6.32. The Balaban J connectivity index is 1.64. The number of amidine groups is 1. The fourth-order valence-electron chi connectivity index (χ4n) is 2.53. The molecule has 0 amide bonds. The number of furan rings is 1. The number of nitrogen functional groups attached to an aromatic ring is 2. The first kappa shape index (κ1) is 18.6. The van der Waals surface area contributed by atoms with E-state index in [0.717, 1.165) is 16.9 Å². The largest absolute Gasteiger partial charge is 0.449 e. The summed E-state index contributed by atoms with van der Waals surface area (Å²) >= 11 is 5.79. The maximum atomic E-state index is 5.96. The molecular formula is C18H20ClN7O. The fraction of sp³-hybridized carbons (Fsp3) is 0.111. The molecule has 9 heteroatoms. The Morgan fingerprint density at radius 2 is 1.74 bits per heavy atom. The van der Waals surface area contributed by atoms with E-state index in [1.54, 1.807) is 18.2 Å². The Hall–Kier alpha value is -3.23. The van der Waals surface area contributed by atoms with Gasteiger partial charge < -0.3 is 21.6 Å². The van der Waals surface area contributed by atoms with Crippen molar-refractivity contribution in [3.05, 3.63) is 76.2 Å². The molecule has 0 aliphatic rings. The molecule has 1 aromatic carbocycles. The van der Waals surface area contributed by atoms with Gasteiger partial charge in [-0.15, -0.1) is 5.10 Å². The Kier molecular flexibility index (Phi) is 5.49. The first-order valence-corrected chi connectivity index (χ1v) is 8.49. The highest BCUT2D eigenvalue weighted by Gasteiger charge is 2.08. The number of hydrogen-bond acceptors (Lipinski definition) is 7. The second-order valence-electron chi connectivity index (χ2n) is 5.95. The van der Waals surface area contributed by atoms with Gasteiger partial charge in [0.2, 0.25) is 0 Å². The fourth-order valence-corrected chi connectivity index (χ4v) is 2.69. The lowest BCUT2D eigenvalue weighted by Crippen LogP contribution is -2.29. The van der Waals surface area contributed by atoms with Crippen molar-refractivity contribution in [1.82, 2.24) is 10.1 Å². The Labute approximate surface area is 161 Å². The van der Waals surface area contributed by atoms with Crippen LogP contribution in [0.15, 0.2) is 58.0 Å². The van der Waals surface area contributed by atoms with Gasteiger partial charge in [0, 0.05) is 6.42 Å². The minimum absolute atomic E-state index is 0.161. The third-order valence-electron chi connectivity index (χ3n) is 3.83. The number of halogens is 1. The molecule has 0 aliphatic heterocycles. The van der Waals surface area contributed by atoms with E-state index in [9.17, 15) is 0 Å². The summed E-state index contributed by atoms with van der Waals surface area (Å²) < 4.78 is 5.37. The van der Waals surface area contributed by atoms with Gasteiger partial charge in [-0.2, -0.15) is 0 Å². The number of hydrazone groups is 1. The van der Waals surface area contributed by atoms with Crippen LogP contribution in [0, 0.1) is 0 Å². The molecule has 3 aromatic rings. The highest BCUT2D eigenvalue weighted by Crippen LogP contribution is 2.17. The predicted octanol–water partition coefficient (Wildman–Crippen LogP) is 2.08. The maximum absolute atomic E-state index is 5.96. The van der Waals surface area contributed by atoms with Gasteiger partial charge in [-0.3, -0.25) is 0 Å². The summed E-state index contributed by atoms with van der Waals surface area (Å²) in [7, 11) is 0. The maximum Gasteiger partial charge on any atom is 0.193 e. The van der Waals surface area contributed by atoms with Crippen molar-refractivity contribution < 1.29 is 4.42 Å². The van der Waals surface area contributed by atoms with Crippen molar-refractivity contribution in [2.45, 2.75) is 13.0 Å². The van der Waals surface area contributed by atoms with Crippen molar-refractivity contribution in [3.8, 4) is 0 Å². The van der Waals surface area contributed by atoms with E-state index >= 15 is 0 Å². The Morgan fingerprint density at radius 3 is 2.37 bits per heavy atom. The molecule has 2 aromatic heterocycles. The Bertz CT molecular complexity index is 953. The lowest BCUT2D eigenvalue weighted by atomic mass is 10.1. The minimum Gasteiger partial charge on any atom is -0.449 e. The summed E-state index contributed by atoms with van der Waals surface area (Å²) in [5.41, 5.74) is 19.9. The van der Waals surface area contributed by atoms with Crippen molar-refractivity contribution in [3.63, 3.8) is 0 Å². The topological polar surface area (TPSA) is 146 Å². The molecule has 0 saturated carbocycles. The van der Waals surface area contributed by atoms with Gasteiger partial charge in [0.25, 0.3) is 0 Å². The molecule has 0 saturated heterocycles. The van der Waals surface area contributed by atoms with Crippen molar-refractivity contribution in [2.75, 3.05) is 11.5 Å². The lowest BCUT2D eigenvalue weighted by molar-refractivity contribution is 0.290. The van der Waals surface area contributed by atoms with Gasteiger partial charge in [-0.25, -0.2) is 15.9 Å². The summed E-state index contributed by atoms with van der Waals surface area (Å²) in [6.45, 7) is 0.371. The molecule has 0 aliphatic carbocycles. The smallest absolute Gasteiger partial charge is 0.193 e. The normalized spacial score (nSPS) is 11.6.